The lowest BCUT2D eigenvalue weighted by molar-refractivity contribution is -0.119. The first-order valence-corrected chi connectivity index (χ1v) is 6.82. The number of hydrogen-bond donors (Lipinski definition) is 0. The smallest absolute Gasteiger partial charge is 0.256 e. The van der Waals surface area contributed by atoms with Gasteiger partial charge in [0.2, 0.25) is 0 Å². The molecule has 1 heterocycles. The van der Waals surface area contributed by atoms with Crippen molar-refractivity contribution in [1.29, 1.82) is 0 Å². The summed E-state index contributed by atoms with van der Waals surface area (Å²) in [5.74, 6) is 0.499. The molecule has 2 aromatic rings. The maximum absolute atomic E-state index is 12.4. The normalized spacial score (nSPS) is 17.8. The summed E-state index contributed by atoms with van der Waals surface area (Å²) in [6.07, 6.45) is 0. The van der Waals surface area contributed by atoms with Gasteiger partial charge in [0.05, 0.1) is 24.4 Å². The van der Waals surface area contributed by atoms with Gasteiger partial charge < -0.3 is 4.74 Å². The first-order valence-electron chi connectivity index (χ1n) is 6.82. The SMILES string of the molecule is COc1ccc(N2N=C(c3ccccc3)C(C)C2=O)cc1. The van der Waals surface area contributed by atoms with E-state index in [-0.39, 0.29) is 11.8 Å². The Kier molecular flexibility index (Phi) is 3.44. The van der Waals surface area contributed by atoms with E-state index >= 15 is 0 Å². The number of anilines is 1. The largest absolute Gasteiger partial charge is 0.497 e. The van der Waals surface area contributed by atoms with Crippen LogP contribution in [0.3, 0.4) is 0 Å². The van der Waals surface area contributed by atoms with E-state index in [1.165, 1.54) is 5.01 Å². The average Bonchev–Trinajstić information content (AvgIpc) is 2.84. The number of amides is 1. The monoisotopic (exact) mass is 280 g/mol. The van der Waals surface area contributed by atoms with Crippen LogP contribution in [0.1, 0.15) is 12.5 Å². The highest BCUT2D eigenvalue weighted by Gasteiger charge is 2.33. The van der Waals surface area contributed by atoms with Crippen LogP contribution in [0.25, 0.3) is 0 Å². The maximum atomic E-state index is 12.4. The van der Waals surface area contributed by atoms with Gasteiger partial charge in [0.15, 0.2) is 0 Å². The van der Waals surface area contributed by atoms with Gasteiger partial charge in [-0.1, -0.05) is 30.3 Å². The van der Waals surface area contributed by atoms with E-state index < -0.39 is 0 Å². The highest BCUT2D eigenvalue weighted by Crippen LogP contribution is 2.27. The first-order chi connectivity index (χ1) is 10.2. The second-order valence-corrected chi connectivity index (χ2v) is 4.92. The van der Waals surface area contributed by atoms with E-state index in [9.17, 15) is 4.79 Å². The molecule has 0 N–H and O–H groups in total. The van der Waals surface area contributed by atoms with E-state index in [4.69, 9.17) is 4.74 Å². The van der Waals surface area contributed by atoms with Gasteiger partial charge in [0, 0.05) is 0 Å². The molecule has 1 aliphatic heterocycles. The summed E-state index contributed by atoms with van der Waals surface area (Å²) < 4.78 is 5.13. The molecule has 0 bridgehead atoms. The van der Waals surface area contributed by atoms with Crippen molar-refractivity contribution in [2.75, 3.05) is 12.1 Å². The Bertz CT molecular complexity index is 678. The zero-order valence-electron chi connectivity index (χ0n) is 12.0. The van der Waals surface area contributed by atoms with Crippen LogP contribution in [0.2, 0.25) is 0 Å². The molecule has 0 fully saturated rings. The Morgan fingerprint density at radius 3 is 2.33 bits per heavy atom. The van der Waals surface area contributed by atoms with Gasteiger partial charge in [0.1, 0.15) is 5.75 Å². The van der Waals surface area contributed by atoms with Crippen LogP contribution in [-0.2, 0) is 4.79 Å². The van der Waals surface area contributed by atoms with Crippen molar-refractivity contribution in [2.45, 2.75) is 6.92 Å². The van der Waals surface area contributed by atoms with Crippen molar-refractivity contribution in [1.82, 2.24) is 0 Å². The number of methoxy groups -OCH3 is 1. The van der Waals surface area contributed by atoms with Crippen molar-refractivity contribution in [3.8, 4) is 5.75 Å². The number of carbonyl (C=O) groups is 1. The Morgan fingerprint density at radius 2 is 1.71 bits per heavy atom. The van der Waals surface area contributed by atoms with Gasteiger partial charge in [-0.15, -0.1) is 0 Å². The summed E-state index contributed by atoms with van der Waals surface area (Å²) in [6, 6.07) is 17.1. The second kappa shape index (κ2) is 5.40. The minimum Gasteiger partial charge on any atom is -0.497 e. The third kappa shape index (κ3) is 2.40. The molecule has 0 saturated heterocycles. The van der Waals surface area contributed by atoms with Crippen molar-refractivity contribution >= 4 is 17.3 Å². The molecule has 0 aliphatic carbocycles. The molecule has 106 valence electrons. The molecular formula is C17H16N2O2. The Hall–Kier alpha value is -2.62. The van der Waals surface area contributed by atoms with Crippen LogP contribution in [0.4, 0.5) is 5.69 Å². The van der Waals surface area contributed by atoms with E-state index in [1.807, 2.05) is 61.5 Å². The predicted octanol–water partition coefficient (Wildman–Crippen LogP) is 3.08. The molecule has 4 nitrogen and oxygen atoms in total. The van der Waals surface area contributed by atoms with Crippen molar-refractivity contribution < 1.29 is 9.53 Å². The van der Waals surface area contributed by atoms with Crippen LogP contribution in [0.15, 0.2) is 59.7 Å². The van der Waals surface area contributed by atoms with E-state index in [0.29, 0.717) is 0 Å². The fraction of sp³-hybridized carbons (Fsp3) is 0.176. The third-order valence-corrected chi connectivity index (χ3v) is 3.58. The molecule has 21 heavy (non-hydrogen) atoms. The van der Waals surface area contributed by atoms with E-state index in [0.717, 1.165) is 22.7 Å². The molecule has 1 atom stereocenters. The lowest BCUT2D eigenvalue weighted by Gasteiger charge is -2.12. The summed E-state index contributed by atoms with van der Waals surface area (Å²) in [5, 5.41) is 5.97. The lowest BCUT2D eigenvalue weighted by Crippen LogP contribution is -2.25. The minimum atomic E-state index is -0.241. The predicted molar refractivity (Wildman–Crippen MR) is 82.6 cm³/mol. The maximum Gasteiger partial charge on any atom is 0.256 e. The van der Waals surface area contributed by atoms with Crippen LogP contribution in [0.5, 0.6) is 5.75 Å². The van der Waals surface area contributed by atoms with Crippen LogP contribution < -0.4 is 9.75 Å². The number of ether oxygens (including phenoxy) is 1. The zero-order chi connectivity index (χ0) is 14.8. The van der Waals surface area contributed by atoms with Crippen molar-refractivity contribution in [2.24, 2.45) is 11.0 Å². The molecule has 1 unspecified atom stereocenters. The summed E-state index contributed by atoms with van der Waals surface area (Å²) in [5.41, 5.74) is 2.53. The molecule has 0 spiro atoms. The minimum absolute atomic E-state index is 0.0148. The molecule has 1 amide bonds. The van der Waals surface area contributed by atoms with Gasteiger partial charge in [-0.25, -0.2) is 0 Å². The molecule has 4 heteroatoms. The van der Waals surface area contributed by atoms with Crippen LogP contribution in [-0.4, -0.2) is 18.7 Å². The quantitative estimate of drug-likeness (QED) is 0.867. The average molecular weight is 280 g/mol. The highest BCUT2D eigenvalue weighted by molar-refractivity contribution is 6.21. The standard InChI is InChI=1S/C17H16N2O2/c1-12-16(13-6-4-3-5-7-13)18-19(17(12)20)14-8-10-15(21-2)11-9-14/h3-12H,1-2H3. The van der Waals surface area contributed by atoms with Crippen LogP contribution >= 0.6 is 0 Å². The molecule has 2 aromatic carbocycles. The van der Waals surface area contributed by atoms with Gasteiger partial charge in [-0.2, -0.15) is 10.1 Å². The Labute approximate surface area is 123 Å². The van der Waals surface area contributed by atoms with Gasteiger partial charge >= 0.3 is 0 Å². The molecule has 0 saturated carbocycles. The molecule has 0 radical (unpaired) electrons. The molecule has 0 aromatic heterocycles. The summed E-state index contributed by atoms with van der Waals surface area (Å²) in [7, 11) is 1.61. The van der Waals surface area contributed by atoms with Gasteiger partial charge in [0.25, 0.3) is 5.91 Å². The second-order valence-electron chi connectivity index (χ2n) is 4.92. The summed E-state index contributed by atoms with van der Waals surface area (Å²) in [6.45, 7) is 1.89. The lowest BCUT2D eigenvalue weighted by atomic mass is 9.99. The van der Waals surface area contributed by atoms with Crippen molar-refractivity contribution in [3.63, 3.8) is 0 Å². The fourth-order valence-electron chi connectivity index (χ4n) is 2.37. The Balaban J connectivity index is 1.96. The number of nitrogens with zero attached hydrogens (tertiary/aromatic N) is 2. The molecule has 1 aliphatic rings. The Morgan fingerprint density at radius 1 is 1.05 bits per heavy atom. The van der Waals surface area contributed by atoms with Gasteiger partial charge in [-0.05, 0) is 36.8 Å². The topological polar surface area (TPSA) is 41.9 Å². The third-order valence-electron chi connectivity index (χ3n) is 3.58. The number of benzene rings is 2. The number of hydrogen-bond acceptors (Lipinski definition) is 3. The van der Waals surface area contributed by atoms with Crippen LogP contribution in [0, 0.1) is 5.92 Å². The molecule has 3 rings (SSSR count). The number of hydrazone groups is 1. The first kappa shape index (κ1) is 13.4. The van der Waals surface area contributed by atoms with Crippen molar-refractivity contribution in [3.05, 3.63) is 60.2 Å². The number of carbonyl (C=O) groups excluding carboxylic acids is 1. The number of rotatable bonds is 3. The van der Waals surface area contributed by atoms with Gasteiger partial charge in [-0.3, -0.25) is 4.79 Å². The fourth-order valence-corrected chi connectivity index (χ4v) is 2.37. The zero-order valence-corrected chi connectivity index (χ0v) is 12.0. The van der Waals surface area contributed by atoms with E-state index in [2.05, 4.69) is 5.10 Å². The summed E-state index contributed by atoms with van der Waals surface area (Å²) >= 11 is 0. The van der Waals surface area contributed by atoms with E-state index in [1.54, 1.807) is 7.11 Å². The summed E-state index contributed by atoms with van der Waals surface area (Å²) in [4.78, 5) is 12.4. The molecular weight excluding hydrogens is 264 g/mol. The highest BCUT2D eigenvalue weighted by atomic mass is 16.5.